The molecule has 6 nitrogen and oxygen atoms in total. The van der Waals surface area contributed by atoms with Crippen LogP contribution in [0.15, 0.2) is 40.6 Å². The predicted octanol–water partition coefficient (Wildman–Crippen LogP) is 5.26. The van der Waals surface area contributed by atoms with E-state index < -0.39 is 17.2 Å². The molecule has 2 aliphatic rings. The van der Waals surface area contributed by atoms with E-state index in [2.05, 4.69) is 39.1 Å². The zero-order valence-electron chi connectivity index (χ0n) is 20.2. The average molecular weight is 522 g/mol. The molecule has 8 heteroatoms. The molecule has 1 saturated heterocycles. The van der Waals surface area contributed by atoms with Gasteiger partial charge in [0.1, 0.15) is 18.0 Å². The van der Waals surface area contributed by atoms with E-state index in [1.807, 2.05) is 13.8 Å². The smallest absolute Gasteiger partial charge is 0.408 e. The van der Waals surface area contributed by atoms with Crippen LogP contribution in [0.5, 0.6) is 0 Å². The lowest BCUT2D eigenvalue weighted by Crippen LogP contribution is -2.60. The molecule has 2 aliphatic heterocycles. The largest absolute Gasteiger partial charge is 0.444 e. The van der Waals surface area contributed by atoms with E-state index >= 15 is 0 Å². The normalized spacial score (nSPS) is 20.6. The van der Waals surface area contributed by atoms with Crippen molar-refractivity contribution in [1.29, 1.82) is 0 Å². The lowest BCUT2D eigenvalue weighted by atomic mass is 9.91. The molecule has 0 saturated carbocycles. The van der Waals surface area contributed by atoms with Gasteiger partial charge >= 0.3 is 6.09 Å². The second-order valence-electron chi connectivity index (χ2n) is 10.0. The van der Waals surface area contributed by atoms with Crippen molar-refractivity contribution in [1.82, 2.24) is 15.1 Å². The number of amides is 2. The van der Waals surface area contributed by atoms with E-state index in [9.17, 15) is 14.0 Å². The molecule has 1 aromatic carbocycles. The second-order valence-corrected chi connectivity index (χ2v) is 10.8. The van der Waals surface area contributed by atoms with Crippen LogP contribution >= 0.6 is 15.9 Å². The third-order valence-electron chi connectivity index (χ3n) is 6.00. The molecule has 0 aromatic heterocycles. The van der Waals surface area contributed by atoms with Crippen LogP contribution in [0.4, 0.5) is 9.18 Å². The molecular formula is C25H33BrFN3O3. The zero-order valence-corrected chi connectivity index (χ0v) is 21.8. The van der Waals surface area contributed by atoms with Crippen LogP contribution in [0.25, 0.3) is 5.57 Å². The van der Waals surface area contributed by atoms with Crippen molar-refractivity contribution < 1.29 is 18.7 Å². The second kappa shape index (κ2) is 9.49. The van der Waals surface area contributed by atoms with Crippen LogP contribution < -0.4 is 5.32 Å². The highest BCUT2D eigenvalue weighted by molar-refractivity contribution is 9.11. The van der Waals surface area contributed by atoms with Gasteiger partial charge in [-0.3, -0.25) is 4.79 Å². The predicted molar refractivity (Wildman–Crippen MR) is 131 cm³/mol. The van der Waals surface area contributed by atoms with Gasteiger partial charge in [-0.15, -0.1) is 0 Å². The summed E-state index contributed by atoms with van der Waals surface area (Å²) >= 11 is 3.82. The number of fused-ring (bicyclic) bond motifs is 1. The Hall–Kier alpha value is -2.35. The molecule has 3 rings (SSSR count). The maximum Gasteiger partial charge on any atom is 0.408 e. The zero-order chi connectivity index (χ0) is 24.6. The Morgan fingerprint density at radius 1 is 1.21 bits per heavy atom. The number of nitrogens with zero attached hydrogens (tertiary/aromatic N) is 2. The maximum absolute atomic E-state index is 13.5. The van der Waals surface area contributed by atoms with Crippen molar-refractivity contribution in [2.75, 3.05) is 19.6 Å². The first-order valence-corrected chi connectivity index (χ1v) is 12.0. The minimum Gasteiger partial charge on any atom is -0.444 e. The van der Waals surface area contributed by atoms with E-state index in [0.717, 1.165) is 27.9 Å². The summed E-state index contributed by atoms with van der Waals surface area (Å²) in [7, 11) is 0. The summed E-state index contributed by atoms with van der Waals surface area (Å²) in [5, 5.41) is 2.57. The summed E-state index contributed by atoms with van der Waals surface area (Å²) in [6.07, 6.45) is 2.36. The Kier molecular flexibility index (Phi) is 7.27. The van der Waals surface area contributed by atoms with Crippen molar-refractivity contribution in [2.45, 2.75) is 59.1 Å². The summed E-state index contributed by atoms with van der Waals surface area (Å²) in [5.41, 5.74) is 1.91. The van der Waals surface area contributed by atoms with Crippen LogP contribution in [0.2, 0.25) is 0 Å². The quantitative estimate of drug-likeness (QED) is 0.551. The topological polar surface area (TPSA) is 61.9 Å². The maximum atomic E-state index is 13.5. The highest BCUT2D eigenvalue weighted by atomic mass is 79.9. The molecule has 1 fully saturated rings. The van der Waals surface area contributed by atoms with Crippen molar-refractivity contribution >= 4 is 33.5 Å². The number of rotatable bonds is 3. The fourth-order valence-electron chi connectivity index (χ4n) is 4.41. The third kappa shape index (κ3) is 5.60. The fourth-order valence-corrected chi connectivity index (χ4v) is 5.40. The molecule has 1 aromatic rings. The van der Waals surface area contributed by atoms with Gasteiger partial charge in [-0.2, -0.15) is 0 Å². The molecule has 0 aliphatic carbocycles. The highest BCUT2D eigenvalue weighted by Gasteiger charge is 2.43. The van der Waals surface area contributed by atoms with Crippen molar-refractivity contribution in [3.8, 4) is 0 Å². The Morgan fingerprint density at radius 2 is 1.85 bits per heavy atom. The molecule has 2 heterocycles. The van der Waals surface area contributed by atoms with Gasteiger partial charge in [0, 0.05) is 18.8 Å². The van der Waals surface area contributed by atoms with Crippen LogP contribution in [0.1, 0.15) is 53.5 Å². The average Bonchev–Trinajstić information content (AvgIpc) is 2.82. The molecule has 1 atom stereocenters. The van der Waals surface area contributed by atoms with Gasteiger partial charge in [-0.1, -0.05) is 25.1 Å². The number of ether oxygens (including phenoxy) is 1. The number of benzene rings is 1. The number of piperazine rings is 1. The Morgan fingerprint density at radius 3 is 2.45 bits per heavy atom. The molecule has 0 radical (unpaired) electrons. The lowest BCUT2D eigenvalue weighted by molar-refractivity contribution is -0.136. The number of hydrogen-bond acceptors (Lipinski definition) is 4. The number of carbonyl (C=O) groups is 2. The van der Waals surface area contributed by atoms with Gasteiger partial charge in [0.05, 0.1) is 10.1 Å². The van der Waals surface area contributed by atoms with Crippen molar-refractivity contribution in [3.63, 3.8) is 0 Å². The van der Waals surface area contributed by atoms with E-state index in [1.165, 1.54) is 12.1 Å². The number of allylic oxidation sites excluding steroid dienone is 2. The number of halogens is 2. The first-order chi connectivity index (χ1) is 15.3. The number of alkyl carbamates (subject to hydrolysis) is 1. The van der Waals surface area contributed by atoms with E-state index in [0.29, 0.717) is 13.1 Å². The number of nitrogens with one attached hydrogen (secondary N) is 1. The van der Waals surface area contributed by atoms with Gasteiger partial charge in [0.25, 0.3) is 0 Å². The van der Waals surface area contributed by atoms with Gasteiger partial charge in [0.2, 0.25) is 5.91 Å². The van der Waals surface area contributed by atoms with E-state index in [4.69, 9.17) is 4.74 Å². The number of carbonyl (C=O) groups excluding carboxylic acids is 2. The van der Waals surface area contributed by atoms with Gasteiger partial charge in [-0.25, -0.2) is 9.18 Å². The monoisotopic (exact) mass is 521 g/mol. The van der Waals surface area contributed by atoms with Crippen molar-refractivity contribution in [2.24, 2.45) is 5.92 Å². The Bertz CT molecular complexity index is 980. The van der Waals surface area contributed by atoms with Crippen molar-refractivity contribution in [3.05, 3.63) is 52.0 Å². The minimum absolute atomic E-state index is 0.125. The van der Waals surface area contributed by atoms with Crippen LogP contribution in [0.3, 0.4) is 0 Å². The highest BCUT2D eigenvalue weighted by Crippen LogP contribution is 2.43. The van der Waals surface area contributed by atoms with E-state index in [1.54, 1.807) is 37.8 Å². The molecule has 0 bridgehead atoms. The molecule has 1 N–H and O–H groups in total. The van der Waals surface area contributed by atoms with Gasteiger partial charge in [0.15, 0.2) is 0 Å². The molecular weight excluding hydrogens is 489 g/mol. The summed E-state index contributed by atoms with van der Waals surface area (Å²) in [5.74, 6) is -0.219. The molecule has 2 amide bonds. The molecule has 0 spiro atoms. The molecule has 1 unspecified atom stereocenters. The van der Waals surface area contributed by atoms with Crippen LogP contribution in [0, 0.1) is 11.7 Å². The third-order valence-corrected chi connectivity index (χ3v) is 6.85. The van der Waals surface area contributed by atoms with Gasteiger partial charge in [-0.05, 0) is 86.2 Å². The fraction of sp³-hybridized carbons (Fsp3) is 0.520. The summed E-state index contributed by atoms with van der Waals surface area (Å²) < 4.78 is 19.7. The SMILES string of the molecule is CC1CC=C2N(CCN(C(=O)CNC(=O)OC(C)(C)C)C2(C)C)C(Br)=C1c1ccc(F)cc1. The number of hydrogen-bond donors (Lipinski definition) is 1. The van der Waals surface area contributed by atoms with Crippen LogP contribution in [-0.2, 0) is 9.53 Å². The first-order valence-electron chi connectivity index (χ1n) is 11.2. The summed E-state index contributed by atoms with van der Waals surface area (Å²) in [4.78, 5) is 29.1. The summed E-state index contributed by atoms with van der Waals surface area (Å²) in [6.45, 7) is 12.5. The first kappa shape index (κ1) is 25.3. The Balaban J connectivity index is 1.82. The minimum atomic E-state index is -0.624. The van der Waals surface area contributed by atoms with Gasteiger partial charge < -0.3 is 19.9 Å². The van der Waals surface area contributed by atoms with E-state index in [-0.39, 0.29) is 24.2 Å². The molecule has 33 heavy (non-hydrogen) atoms. The Labute approximate surface area is 204 Å². The molecule has 180 valence electrons. The lowest BCUT2D eigenvalue weighted by Gasteiger charge is -2.49. The standard InChI is InChI=1S/C25H33BrFN3O3/c1-16-7-12-19-25(5,6)30(20(31)15-28-23(32)33-24(2,3)4)14-13-29(19)22(26)21(16)17-8-10-18(27)11-9-17/h8-12,16H,7,13-15H2,1-6H3,(H,28,32). The van der Waals surface area contributed by atoms with Crippen LogP contribution in [-0.4, -0.2) is 52.6 Å². The summed E-state index contributed by atoms with van der Waals surface area (Å²) in [6, 6.07) is 6.57.